The number of fused-ring (bicyclic) bond motifs is 1. The summed E-state index contributed by atoms with van der Waals surface area (Å²) in [5.74, 6) is -0.477. The van der Waals surface area contributed by atoms with Crippen LogP contribution in [-0.2, 0) is 4.79 Å². The lowest BCUT2D eigenvalue weighted by Gasteiger charge is -2.09. The molecule has 1 aromatic carbocycles. The summed E-state index contributed by atoms with van der Waals surface area (Å²) in [5.41, 5.74) is 0.545. The maximum atomic E-state index is 13.8. The van der Waals surface area contributed by atoms with Gasteiger partial charge in [0.05, 0.1) is 11.3 Å². The van der Waals surface area contributed by atoms with Gasteiger partial charge < -0.3 is 5.32 Å². The molecule has 2 rings (SSSR count). The van der Waals surface area contributed by atoms with E-state index < -0.39 is 17.5 Å². The van der Waals surface area contributed by atoms with E-state index >= 15 is 0 Å². The molecule has 0 aliphatic carbocycles. The molecule has 96 valence electrons. The minimum atomic E-state index is -0.687. The number of amides is 1. The summed E-state index contributed by atoms with van der Waals surface area (Å²) >= 11 is 1.41. The molecule has 0 radical (unpaired) electrons. The number of anilines is 1. The minimum absolute atomic E-state index is 0.130. The number of hydrogen-bond acceptors (Lipinski definition) is 3. The smallest absolute Gasteiger partial charge is 0.296 e. The molecular weight excluding hydrogens is 253 g/mol. The quantitative estimate of drug-likeness (QED) is 0.673. The van der Waals surface area contributed by atoms with Gasteiger partial charge >= 0.3 is 0 Å². The largest absolute Gasteiger partial charge is 0.318 e. The Morgan fingerprint density at radius 3 is 2.78 bits per heavy atom. The van der Waals surface area contributed by atoms with E-state index in [2.05, 4.69) is 19.2 Å². The average Bonchev–Trinajstić information content (AvgIpc) is 2.62. The van der Waals surface area contributed by atoms with Gasteiger partial charge in [-0.15, -0.1) is 11.8 Å². The molecule has 0 saturated heterocycles. The molecule has 3 nitrogen and oxygen atoms in total. The van der Waals surface area contributed by atoms with Gasteiger partial charge in [0, 0.05) is 10.6 Å². The van der Waals surface area contributed by atoms with Crippen molar-refractivity contribution in [3.8, 4) is 0 Å². The molecule has 1 unspecified atom stereocenters. The van der Waals surface area contributed by atoms with Gasteiger partial charge in [-0.1, -0.05) is 20.3 Å². The SMILES string of the molecule is CCC(C)CSc1cc2c(cc1F)C(=O)C(=O)N2. The van der Waals surface area contributed by atoms with Gasteiger partial charge in [0.25, 0.3) is 11.7 Å². The summed E-state index contributed by atoms with van der Waals surface area (Å²) in [6.45, 7) is 4.19. The predicted molar refractivity (Wildman–Crippen MR) is 69.5 cm³/mol. The molecule has 0 spiro atoms. The number of benzene rings is 1. The van der Waals surface area contributed by atoms with Crippen LogP contribution in [0.15, 0.2) is 17.0 Å². The van der Waals surface area contributed by atoms with Crippen molar-refractivity contribution >= 4 is 29.1 Å². The van der Waals surface area contributed by atoms with Crippen LogP contribution in [0.25, 0.3) is 0 Å². The lowest BCUT2D eigenvalue weighted by Crippen LogP contribution is -2.12. The zero-order valence-electron chi connectivity index (χ0n) is 10.2. The minimum Gasteiger partial charge on any atom is -0.318 e. The van der Waals surface area contributed by atoms with E-state index in [1.54, 1.807) is 6.07 Å². The molecule has 1 atom stereocenters. The monoisotopic (exact) mass is 267 g/mol. The molecule has 18 heavy (non-hydrogen) atoms. The van der Waals surface area contributed by atoms with Gasteiger partial charge in [-0.3, -0.25) is 9.59 Å². The van der Waals surface area contributed by atoms with Crippen LogP contribution in [0.1, 0.15) is 30.6 Å². The Hall–Kier alpha value is -1.36. The van der Waals surface area contributed by atoms with Crippen LogP contribution in [-0.4, -0.2) is 17.4 Å². The number of carbonyl (C=O) groups is 2. The number of nitrogens with one attached hydrogen (secondary N) is 1. The highest BCUT2D eigenvalue weighted by molar-refractivity contribution is 7.99. The Balaban J connectivity index is 2.22. The van der Waals surface area contributed by atoms with Gasteiger partial charge in [-0.2, -0.15) is 0 Å². The first-order valence-corrected chi connectivity index (χ1v) is 6.83. The van der Waals surface area contributed by atoms with Crippen molar-refractivity contribution in [3.63, 3.8) is 0 Å². The van der Waals surface area contributed by atoms with E-state index in [1.165, 1.54) is 11.8 Å². The molecule has 1 heterocycles. The van der Waals surface area contributed by atoms with Crippen molar-refractivity contribution in [2.45, 2.75) is 25.2 Å². The fourth-order valence-corrected chi connectivity index (χ4v) is 2.70. The predicted octanol–water partition coefficient (Wildman–Crippen LogP) is 3.10. The van der Waals surface area contributed by atoms with E-state index in [9.17, 15) is 14.0 Å². The van der Waals surface area contributed by atoms with Crippen molar-refractivity contribution < 1.29 is 14.0 Å². The van der Waals surface area contributed by atoms with Crippen LogP contribution in [0, 0.1) is 11.7 Å². The number of ketones is 1. The molecule has 0 fully saturated rings. The van der Waals surface area contributed by atoms with Crippen LogP contribution >= 0.6 is 11.8 Å². The van der Waals surface area contributed by atoms with Crippen LogP contribution in [0.3, 0.4) is 0 Å². The first kappa shape index (κ1) is 13.1. The van der Waals surface area contributed by atoms with Crippen molar-refractivity contribution in [2.24, 2.45) is 5.92 Å². The highest BCUT2D eigenvalue weighted by Gasteiger charge is 2.29. The first-order valence-electron chi connectivity index (χ1n) is 5.85. The van der Waals surface area contributed by atoms with Gasteiger partial charge in [0.2, 0.25) is 0 Å². The fourth-order valence-electron chi connectivity index (χ4n) is 1.61. The number of Topliss-reactive ketones (excluding diaryl/α,β-unsaturated/α-hetero) is 1. The van der Waals surface area contributed by atoms with Gasteiger partial charge in [-0.05, 0) is 18.1 Å². The summed E-state index contributed by atoms with van der Waals surface area (Å²) in [4.78, 5) is 23.0. The lowest BCUT2D eigenvalue weighted by atomic mass is 10.1. The molecule has 0 saturated carbocycles. The van der Waals surface area contributed by atoms with Gasteiger partial charge in [0.15, 0.2) is 0 Å². The van der Waals surface area contributed by atoms with E-state index in [0.29, 0.717) is 16.5 Å². The third-order valence-corrected chi connectivity index (χ3v) is 4.35. The topological polar surface area (TPSA) is 46.2 Å². The van der Waals surface area contributed by atoms with Crippen LogP contribution in [0.4, 0.5) is 10.1 Å². The maximum Gasteiger partial charge on any atom is 0.296 e. The van der Waals surface area contributed by atoms with Crippen molar-refractivity contribution in [2.75, 3.05) is 11.1 Å². The standard InChI is InChI=1S/C13H14FNO2S/c1-3-7(2)6-18-11-5-10-8(4-9(11)14)12(16)13(17)15-10/h4-5,7H,3,6H2,1-2H3,(H,15,16,17). The maximum absolute atomic E-state index is 13.8. The van der Waals surface area contributed by atoms with Gasteiger partial charge in [0.1, 0.15) is 5.82 Å². The first-order chi connectivity index (χ1) is 8.52. The molecule has 1 amide bonds. The molecular formula is C13H14FNO2S. The Kier molecular flexibility index (Phi) is 3.71. The molecule has 1 aromatic rings. The normalized spacial score (nSPS) is 15.5. The Morgan fingerprint density at radius 1 is 1.39 bits per heavy atom. The van der Waals surface area contributed by atoms with E-state index in [-0.39, 0.29) is 5.56 Å². The third kappa shape index (κ3) is 2.41. The number of halogens is 1. The summed E-state index contributed by atoms with van der Waals surface area (Å²) in [6.07, 6.45) is 1.04. The van der Waals surface area contributed by atoms with Crippen LogP contribution < -0.4 is 5.32 Å². The number of thioether (sulfide) groups is 1. The molecule has 0 bridgehead atoms. The Bertz CT molecular complexity index is 516. The van der Waals surface area contributed by atoms with Gasteiger partial charge in [-0.25, -0.2) is 4.39 Å². The Labute approximate surface area is 109 Å². The zero-order chi connectivity index (χ0) is 13.3. The van der Waals surface area contributed by atoms with E-state index in [4.69, 9.17) is 0 Å². The highest BCUT2D eigenvalue weighted by atomic mass is 32.2. The summed E-state index contributed by atoms with van der Waals surface area (Å²) in [5, 5.41) is 2.45. The number of hydrogen-bond donors (Lipinski definition) is 1. The van der Waals surface area contributed by atoms with E-state index in [1.807, 2.05) is 0 Å². The average molecular weight is 267 g/mol. The molecule has 1 aliphatic rings. The van der Waals surface area contributed by atoms with Crippen molar-refractivity contribution in [1.29, 1.82) is 0 Å². The second kappa shape index (κ2) is 5.10. The van der Waals surface area contributed by atoms with E-state index in [0.717, 1.165) is 18.2 Å². The van der Waals surface area contributed by atoms with Crippen molar-refractivity contribution in [1.82, 2.24) is 0 Å². The molecule has 0 aromatic heterocycles. The second-order valence-corrected chi connectivity index (χ2v) is 5.50. The lowest BCUT2D eigenvalue weighted by molar-refractivity contribution is -0.112. The summed E-state index contributed by atoms with van der Waals surface area (Å²) in [6, 6.07) is 2.69. The summed E-state index contributed by atoms with van der Waals surface area (Å²) < 4.78 is 13.8. The molecule has 1 N–H and O–H groups in total. The molecule has 5 heteroatoms. The zero-order valence-corrected chi connectivity index (χ0v) is 11.1. The van der Waals surface area contributed by atoms with Crippen molar-refractivity contribution in [3.05, 3.63) is 23.5 Å². The molecule has 1 aliphatic heterocycles. The van der Waals surface area contributed by atoms with Crippen LogP contribution in [0.5, 0.6) is 0 Å². The van der Waals surface area contributed by atoms with Crippen LogP contribution in [0.2, 0.25) is 0 Å². The third-order valence-electron chi connectivity index (χ3n) is 2.99. The highest BCUT2D eigenvalue weighted by Crippen LogP contribution is 2.32. The Morgan fingerprint density at radius 2 is 2.11 bits per heavy atom. The summed E-state index contributed by atoms with van der Waals surface area (Å²) in [7, 11) is 0. The number of rotatable bonds is 4. The second-order valence-electron chi connectivity index (χ2n) is 4.44. The number of carbonyl (C=O) groups excluding carboxylic acids is 2. The fraction of sp³-hybridized carbons (Fsp3) is 0.385.